The van der Waals surface area contributed by atoms with Gasteiger partial charge in [-0.15, -0.1) is 33.1 Å². The first-order valence-electron chi connectivity index (χ1n) is 47.2. The van der Waals surface area contributed by atoms with Crippen LogP contribution in [0.5, 0.6) is 0 Å². The summed E-state index contributed by atoms with van der Waals surface area (Å²) in [5.74, 6) is 0. The van der Waals surface area contributed by atoms with Crippen LogP contribution >= 0.6 is 34.3 Å². The predicted molar refractivity (Wildman–Crippen MR) is 597 cm³/mol. The van der Waals surface area contributed by atoms with E-state index in [0.717, 1.165) is 16.5 Å². The number of aromatic amines is 7. The van der Waals surface area contributed by atoms with E-state index in [2.05, 4.69) is 180 Å². The largest absolute Gasteiger partial charge is 0.473 e. The first-order chi connectivity index (χ1) is 67.8. The van der Waals surface area contributed by atoms with Crippen LogP contribution in [0.15, 0.2) is 398 Å². The molecule has 29 heteroatoms. The van der Waals surface area contributed by atoms with Crippen molar-refractivity contribution in [3.8, 4) is 0 Å². The van der Waals surface area contributed by atoms with Gasteiger partial charge >= 0.3 is 0 Å². The topological polar surface area (TPSA) is 348 Å². The molecule has 20 rings (SSSR count). The van der Waals surface area contributed by atoms with E-state index in [4.69, 9.17) is 4.42 Å². The minimum Gasteiger partial charge on any atom is -0.473 e. The van der Waals surface area contributed by atoms with Crippen LogP contribution in [0.1, 0.15) is 235 Å². The second-order valence-corrected chi connectivity index (χ2v) is 19.5. The number of halogens is 1. The molecular weight excluding hydrogens is 1750 g/mol. The lowest BCUT2D eigenvalue weighted by atomic mass is 10.2. The van der Waals surface area contributed by atoms with E-state index in [1.807, 2.05) is 428 Å². The van der Waals surface area contributed by atoms with Gasteiger partial charge < -0.3 is 37.8 Å². The number of furan rings is 2. The number of H-pyrrole nitrogens is 7. The summed E-state index contributed by atoms with van der Waals surface area (Å²) in [4.78, 5) is 45.3. The fourth-order valence-electron chi connectivity index (χ4n) is 6.60. The molecule has 0 fully saturated rings. The Morgan fingerprint density at radius 1 is 0.294 bits per heavy atom. The number of imidazole rings is 2. The Morgan fingerprint density at radius 2 is 0.750 bits per heavy atom. The smallest absolute Gasteiger partial charge is 0.180 e. The second-order valence-electron chi connectivity index (χ2n) is 17.9. The summed E-state index contributed by atoms with van der Waals surface area (Å²) in [7, 11) is 2.00. The third-order valence-corrected chi connectivity index (χ3v) is 12.0. The summed E-state index contributed by atoms with van der Waals surface area (Å²) in [5.41, 5.74) is 6.22. The third kappa shape index (κ3) is 120. The number of hydrogen-bond acceptors (Lipinski definition) is 20. The van der Waals surface area contributed by atoms with Crippen LogP contribution in [-0.4, -0.2) is 122 Å². The number of alkyl halides is 1. The van der Waals surface area contributed by atoms with Crippen molar-refractivity contribution in [3.63, 3.8) is 0 Å². The number of aromatic nitrogens is 23. The fourth-order valence-corrected chi connectivity index (χ4v) is 7.40. The van der Waals surface area contributed by atoms with E-state index < -0.39 is 0 Å². The Hall–Kier alpha value is -13.7. The molecule has 4 aromatic carbocycles. The molecule has 0 radical (unpaired) electrons. The lowest BCUT2D eigenvalue weighted by Gasteiger charge is -1.91. The first-order valence-corrected chi connectivity index (χ1v) is 49.8. The zero-order valence-electron chi connectivity index (χ0n) is 89.4. The van der Waals surface area contributed by atoms with Crippen LogP contribution in [0.2, 0.25) is 0 Å². The van der Waals surface area contributed by atoms with Gasteiger partial charge in [-0.05, 0) is 106 Å². The van der Waals surface area contributed by atoms with Crippen molar-refractivity contribution in [2.75, 3.05) is 6.38 Å². The Morgan fingerprint density at radius 3 is 1.00 bits per heavy atom. The zero-order valence-corrected chi connectivity index (χ0v) is 91.8. The number of fused-ring (bicyclic) bond motifs is 4. The van der Waals surface area contributed by atoms with Crippen molar-refractivity contribution in [2.45, 2.75) is 235 Å². The fraction of sp³-hybridized carbons (Fsp3) is 0.336. The SMILES string of the molecule is CC.CC.CC.CC.CC.CC.CC.CC.CC.CC.CC.CC.CC.CC.CC.CC.CC.CCl.Cn1cccc1.c1c[nH]cn1.c1c[nH]cn1.c1ccc2[nH]ccc2c1.c1ccc2[nH]ccc2c1.c1ccc2ncccc2c1.c1ccc2occc2c1.c1ccncc1.c1ccoc1.c1ccsc1.c1cn[nH]n1.c1cnccn1.c1cocn1.c1cscn1.c1nc[nH]n1.c1nn[nH]n1. The lowest BCUT2D eigenvalue weighted by Crippen LogP contribution is -1.75. The van der Waals surface area contributed by atoms with Gasteiger partial charge in [0.05, 0.1) is 61.1 Å². The maximum atomic E-state index is 5.12. The average Bonchev–Trinajstić information content (AvgIpc) is 0.984. The molecule has 0 aliphatic heterocycles. The molecule has 758 valence electrons. The minimum atomic E-state index is 0.956. The van der Waals surface area contributed by atoms with Crippen molar-refractivity contribution in [1.82, 2.24) is 116 Å². The Balaban J connectivity index is -0.0000000955. The maximum absolute atomic E-state index is 5.12. The highest BCUT2D eigenvalue weighted by molar-refractivity contribution is 7.07. The molecule has 0 aliphatic carbocycles. The first kappa shape index (κ1) is 153. The Bertz CT molecular complexity index is 3740. The highest BCUT2D eigenvalue weighted by Gasteiger charge is 1.91. The monoisotopic (exact) mass is 1930 g/mol. The minimum absolute atomic E-state index is 0.956. The van der Waals surface area contributed by atoms with Crippen LogP contribution in [0.3, 0.4) is 0 Å². The zero-order chi connectivity index (χ0) is 106. The van der Waals surface area contributed by atoms with Crippen molar-refractivity contribution < 1.29 is 13.3 Å². The van der Waals surface area contributed by atoms with Crippen molar-refractivity contribution >= 4 is 78.0 Å². The standard InChI is InChI=1S/C9H7N.2C8H7N.C8H6O.C5H7N.C5H5N.C4H4N2.C4H4O.C4H4S.2C3H4N2.C3H3NO.C3H3NS.2C2H3N3.17C2H6.CH3Cl.CH2N4/c1-2-6-9-8(4-1)5-3-7-10-9;3*1-2-4-8-7(3-1)5-6-9-8;1-6-4-2-3-5-6;1-2-4-6-5-3-1;1-2-6-4-3-5-1;2*1-2-4-5-3-1;4*1-2-5-3-4-1;1-3-2-5-4-1;1-2-4-5-3-1;18*1-2;1-2-4-5-3-1/h1-7H;2*1-6,9H;1-6H;2-5H,1H3;1-5H;1-4H;2*1-4H;2*1-3H,(H,4,5);2*1-3H;2*1-2H,(H,3,4,5);17*1-2H3;1H3;1H,(H,2,3,4,5). The summed E-state index contributed by atoms with van der Waals surface area (Å²) in [6, 6.07) is 60.0. The number of oxazole rings is 1. The molecule has 16 heterocycles. The van der Waals surface area contributed by atoms with Gasteiger partial charge in [0.2, 0.25) is 0 Å². The highest BCUT2D eigenvalue weighted by Crippen LogP contribution is 2.13. The van der Waals surface area contributed by atoms with E-state index in [9.17, 15) is 0 Å². The Labute approximate surface area is 834 Å². The number of para-hydroxylation sites is 4. The van der Waals surface area contributed by atoms with Crippen molar-refractivity contribution in [3.05, 3.63) is 384 Å². The molecule has 0 saturated heterocycles. The molecule has 0 aliphatic rings. The average molecular weight is 1930 g/mol. The molecule has 0 amide bonds. The number of pyridine rings is 2. The number of tetrazole rings is 1. The van der Waals surface area contributed by atoms with Crippen LogP contribution in [0, 0.1) is 0 Å². The molecule has 0 bridgehead atoms. The van der Waals surface area contributed by atoms with E-state index in [-0.39, 0.29) is 0 Å². The number of rotatable bonds is 0. The second kappa shape index (κ2) is 165. The number of thiazole rings is 1. The van der Waals surface area contributed by atoms with Crippen LogP contribution < -0.4 is 0 Å². The number of benzene rings is 4. The summed E-state index contributed by atoms with van der Waals surface area (Å²) in [6.45, 7) is 68.0. The lowest BCUT2D eigenvalue weighted by molar-refractivity contribution is 0.558. The number of nitrogens with one attached hydrogen (secondary N) is 7. The highest BCUT2D eigenvalue weighted by atomic mass is 35.5. The number of nitrogens with zero attached hydrogens (tertiary/aromatic N) is 16. The molecule has 136 heavy (non-hydrogen) atoms. The van der Waals surface area contributed by atoms with Gasteiger partial charge in [0, 0.05) is 140 Å². The van der Waals surface area contributed by atoms with Gasteiger partial charge in [-0.1, -0.05) is 338 Å². The van der Waals surface area contributed by atoms with Gasteiger partial charge in [0.1, 0.15) is 24.5 Å². The van der Waals surface area contributed by atoms with Gasteiger partial charge in [-0.3, -0.25) is 30.0 Å². The summed E-state index contributed by atoms with van der Waals surface area (Å²) in [6.07, 6.45) is 50.0. The molecule has 0 spiro atoms. The molecule has 16 aromatic heterocycles. The van der Waals surface area contributed by atoms with Gasteiger partial charge in [-0.2, -0.15) is 37.1 Å². The van der Waals surface area contributed by atoms with Crippen molar-refractivity contribution in [1.29, 1.82) is 0 Å². The molecule has 0 saturated carbocycles. The molecule has 26 nitrogen and oxygen atoms in total. The number of aryl methyl sites for hydroxylation is 1. The van der Waals surface area contributed by atoms with Crippen LogP contribution in [0.25, 0.3) is 43.7 Å². The molecule has 0 atom stereocenters. The number of thiophene rings is 1. The van der Waals surface area contributed by atoms with E-state index >= 15 is 0 Å². The summed E-state index contributed by atoms with van der Waals surface area (Å²) >= 11 is 7.95. The normalized spacial score (nSPS) is 7.30. The Kier molecular flexibility index (Phi) is 186. The number of hydrogen-bond donors (Lipinski definition) is 7. The van der Waals surface area contributed by atoms with Crippen LogP contribution in [-0.2, 0) is 7.05 Å². The van der Waals surface area contributed by atoms with E-state index in [1.54, 1.807) is 146 Å². The maximum Gasteiger partial charge on any atom is 0.180 e. The molecular formula is C107H178ClN23O3S2. The van der Waals surface area contributed by atoms with Crippen molar-refractivity contribution in [2.24, 2.45) is 7.05 Å². The third-order valence-electron chi connectivity index (χ3n) is 10.9. The quantitative estimate of drug-likeness (QED) is 0.0693. The molecule has 7 N–H and O–H groups in total. The van der Waals surface area contributed by atoms with E-state index in [1.165, 1.54) is 65.2 Å². The van der Waals surface area contributed by atoms with Crippen LogP contribution in [0.4, 0.5) is 0 Å². The molecule has 0 unspecified atom stereocenters. The summed E-state index contributed by atoms with van der Waals surface area (Å²) in [5, 5.41) is 38.4. The van der Waals surface area contributed by atoms with Gasteiger partial charge in [0.25, 0.3) is 0 Å². The van der Waals surface area contributed by atoms with Gasteiger partial charge in [0.15, 0.2) is 12.7 Å². The molecule has 20 aromatic rings. The summed E-state index contributed by atoms with van der Waals surface area (Å²) < 4.78 is 16.2. The van der Waals surface area contributed by atoms with E-state index in [0.29, 0.717) is 0 Å². The van der Waals surface area contributed by atoms with Gasteiger partial charge in [-0.25, -0.2) is 19.9 Å². The predicted octanol–water partition coefficient (Wildman–Crippen LogP) is 34.4.